The molecule has 0 aliphatic rings. The predicted molar refractivity (Wildman–Crippen MR) is 103 cm³/mol. The van der Waals surface area contributed by atoms with Crippen LogP contribution in [0, 0.1) is 18.8 Å². The van der Waals surface area contributed by atoms with E-state index >= 15 is 0 Å². The summed E-state index contributed by atoms with van der Waals surface area (Å²) >= 11 is 0. The fourth-order valence-electron chi connectivity index (χ4n) is 2.19. The van der Waals surface area contributed by atoms with Gasteiger partial charge in [-0.15, -0.1) is 0 Å². The molecule has 0 aliphatic heterocycles. The summed E-state index contributed by atoms with van der Waals surface area (Å²) in [5.74, 6) is -3.53. The average Bonchev–Trinajstić information content (AvgIpc) is 2.66. The van der Waals surface area contributed by atoms with Crippen LogP contribution in [-0.4, -0.2) is 53.0 Å². The van der Waals surface area contributed by atoms with Gasteiger partial charge in [-0.1, -0.05) is 20.8 Å². The third kappa shape index (κ3) is 7.17. The van der Waals surface area contributed by atoms with Crippen LogP contribution in [0.2, 0.25) is 0 Å². The molecule has 1 aromatic rings. The van der Waals surface area contributed by atoms with Gasteiger partial charge in [0.15, 0.2) is 11.5 Å². The number of aromatic nitrogens is 1. The number of amides is 1. The number of hydrogen-bond acceptors (Lipinski definition) is 8. The van der Waals surface area contributed by atoms with Gasteiger partial charge in [0.05, 0.1) is 11.8 Å². The van der Waals surface area contributed by atoms with E-state index < -0.39 is 35.6 Å². The van der Waals surface area contributed by atoms with Crippen LogP contribution in [0.25, 0.3) is 0 Å². The van der Waals surface area contributed by atoms with E-state index in [1.54, 1.807) is 27.7 Å². The summed E-state index contributed by atoms with van der Waals surface area (Å²) in [7, 11) is 0. The second-order valence-electron chi connectivity index (χ2n) is 6.98. The van der Waals surface area contributed by atoms with E-state index in [4.69, 9.17) is 9.47 Å². The lowest BCUT2D eigenvalue weighted by atomic mass is 10.1. The zero-order valence-electron chi connectivity index (χ0n) is 17.4. The van der Waals surface area contributed by atoms with Gasteiger partial charge in [-0.2, -0.15) is 0 Å². The number of rotatable bonds is 10. The molecule has 0 spiro atoms. The smallest absolute Gasteiger partial charge is 0.312 e. The predicted octanol–water partition coefficient (Wildman–Crippen LogP) is 1.55. The quantitative estimate of drug-likeness (QED) is 0.557. The molecule has 2 atom stereocenters. The molecule has 1 heterocycles. The van der Waals surface area contributed by atoms with Crippen molar-refractivity contribution in [2.24, 2.45) is 11.8 Å². The number of esters is 2. The Kier molecular flexibility index (Phi) is 9.24. The van der Waals surface area contributed by atoms with Crippen LogP contribution in [0.4, 0.5) is 0 Å². The fourth-order valence-corrected chi connectivity index (χ4v) is 2.19. The van der Waals surface area contributed by atoms with Gasteiger partial charge in [-0.05, 0) is 31.9 Å². The summed E-state index contributed by atoms with van der Waals surface area (Å²) in [4.78, 5) is 51.8. The highest BCUT2D eigenvalue weighted by Gasteiger charge is 2.26. The number of hydrogen-bond donors (Lipinski definition) is 2. The highest BCUT2D eigenvalue weighted by atomic mass is 16.6. The van der Waals surface area contributed by atoms with Gasteiger partial charge >= 0.3 is 11.9 Å². The molecular weight excluding hydrogens is 380 g/mol. The molecule has 1 rings (SSSR count). The summed E-state index contributed by atoms with van der Waals surface area (Å²) < 4.78 is 10.2. The highest BCUT2D eigenvalue weighted by molar-refractivity contribution is 5.98. The summed E-state index contributed by atoms with van der Waals surface area (Å²) in [6.07, 6.45) is 1.74. The number of nitrogens with zero attached hydrogens (tertiary/aromatic N) is 1. The lowest BCUT2D eigenvalue weighted by molar-refractivity contribution is -0.157. The van der Waals surface area contributed by atoms with Crippen LogP contribution in [0.3, 0.4) is 0 Å². The second kappa shape index (κ2) is 11.1. The van der Waals surface area contributed by atoms with Gasteiger partial charge in [0, 0.05) is 6.20 Å². The van der Waals surface area contributed by atoms with Crippen molar-refractivity contribution in [3.63, 3.8) is 0 Å². The summed E-state index contributed by atoms with van der Waals surface area (Å²) in [5, 5.41) is 12.4. The molecule has 29 heavy (non-hydrogen) atoms. The standard InChI is InChI=1S/C20H28N2O7/c1-6-14(9-28-19(26)11(2)3)20(27)29-10-15(13(5)23)22-18(25)16-17(24)12(4)7-8-21-16/h7-8,11,14-15,24H,6,9-10H2,1-5H3,(H,22,25). The number of aromatic hydroxyl groups is 1. The van der Waals surface area contributed by atoms with Gasteiger partial charge in [-0.3, -0.25) is 19.2 Å². The Morgan fingerprint density at radius 3 is 2.31 bits per heavy atom. The van der Waals surface area contributed by atoms with Gasteiger partial charge in [-0.25, -0.2) is 4.98 Å². The normalized spacial score (nSPS) is 12.8. The summed E-state index contributed by atoms with van der Waals surface area (Å²) in [6, 6.07) is 0.428. The Hall–Kier alpha value is -2.97. The molecule has 1 amide bonds. The first-order valence-corrected chi connectivity index (χ1v) is 9.37. The molecule has 0 saturated carbocycles. The van der Waals surface area contributed by atoms with E-state index in [-0.39, 0.29) is 30.6 Å². The minimum Gasteiger partial charge on any atom is -0.505 e. The van der Waals surface area contributed by atoms with E-state index in [2.05, 4.69) is 10.3 Å². The number of aryl methyl sites for hydroxylation is 1. The lowest BCUT2D eigenvalue weighted by Gasteiger charge is -2.19. The minimum absolute atomic E-state index is 0.121. The van der Waals surface area contributed by atoms with E-state index in [9.17, 15) is 24.3 Å². The van der Waals surface area contributed by atoms with Crippen molar-refractivity contribution < 1.29 is 33.8 Å². The number of nitrogens with one attached hydrogen (secondary N) is 1. The average molecular weight is 408 g/mol. The number of ketones is 1. The van der Waals surface area contributed by atoms with Crippen molar-refractivity contribution >= 4 is 23.6 Å². The third-order valence-electron chi connectivity index (χ3n) is 4.25. The fraction of sp³-hybridized carbons (Fsp3) is 0.550. The first-order valence-electron chi connectivity index (χ1n) is 9.37. The first-order chi connectivity index (χ1) is 13.6. The number of carbonyl (C=O) groups excluding carboxylic acids is 4. The van der Waals surface area contributed by atoms with E-state index in [1.165, 1.54) is 19.2 Å². The molecule has 1 aromatic heterocycles. The van der Waals surface area contributed by atoms with Crippen molar-refractivity contribution in [2.45, 2.75) is 47.1 Å². The molecular formula is C20H28N2O7. The van der Waals surface area contributed by atoms with Crippen LogP contribution in [0.1, 0.15) is 50.2 Å². The zero-order valence-corrected chi connectivity index (χ0v) is 17.4. The molecule has 0 radical (unpaired) electrons. The van der Waals surface area contributed by atoms with Crippen LogP contribution < -0.4 is 5.32 Å². The Morgan fingerprint density at radius 2 is 1.76 bits per heavy atom. The van der Waals surface area contributed by atoms with Crippen molar-refractivity contribution in [1.29, 1.82) is 0 Å². The maximum absolute atomic E-state index is 12.3. The Labute approximate surface area is 169 Å². The Balaban J connectivity index is 2.70. The van der Waals surface area contributed by atoms with Gasteiger partial charge in [0.1, 0.15) is 25.0 Å². The maximum Gasteiger partial charge on any atom is 0.312 e. The SMILES string of the molecule is CCC(COC(=O)C(C)C)C(=O)OCC(NC(=O)c1nccc(C)c1O)C(C)=O. The van der Waals surface area contributed by atoms with Crippen LogP contribution in [-0.2, 0) is 23.9 Å². The molecule has 0 saturated heterocycles. The van der Waals surface area contributed by atoms with Crippen LogP contribution >= 0.6 is 0 Å². The number of pyridine rings is 1. The molecule has 2 unspecified atom stereocenters. The monoisotopic (exact) mass is 408 g/mol. The lowest BCUT2D eigenvalue weighted by Crippen LogP contribution is -2.44. The Bertz CT molecular complexity index is 761. The minimum atomic E-state index is -1.11. The van der Waals surface area contributed by atoms with Crippen molar-refractivity contribution in [3.8, 4) is 5.75 Å². The van der Waals surface area contributed by atoms with E-state index in [0.29, 0.717) is 12.0 Å². The molecule has 160 valence electrons. The summed E-state index contributed by atoms with van der Waals surface area (Å²) in [6.45, 7) is 7.45. The number of Topliss-reactive ketones (excluding diaryl/α,β-unsaturated/α-hetero) is 1. The van der Waals surface area contributed by atoms with Gasteiger partial charge in [0.2, 0.25) is 0 Å². The molecule has 9 heteroatoms. The number of carbonyl (C=O) groups is 4. The molecule has 2 N–H and O–H groups in total. The maximum atomic E-state index is 12.3. The van der Waals surface area contributed by atoms with Crippen LogP contribution in [0.15, 0.2) is 12.3 Å². The molecule has 9 nitrogen and oxygen atoms in total. The molecule has 0 aromatic carbocycles. The summed E-state index contributed by atoms with van der Waals surface area (Å²) in [5.41, 5.74) is 0.229. The van der Waals surface area contributed by atoms with Crippen molar-refractivity contribution in [1.82, 2.24) is 10.3 Å². The topological polar surface area (TPSA) is 132 Å². The number of ether oxygens (including phenoxy) is 2. The van der Waals surface area contributed by atoms with Crippen molar-refractivity contribution in [2.75, 3.05) is 13.2 Å². The van der Waals surface area contributed by atoms with E-state index in [1.807, 2.05) is 0 Å². The van der Waals surface area contributed by atoms with Crippen LogP contribution in [0.5, 0.6) is 5.75 Å². The highest BCUT2D eigenvalue weighted by Crippen LogP contribution is 2.19. The molecule has 0 fully saturated rings. The molecule has 0 aliphatic carbocycles. The molecule has 0 bridgehead atoms. The first kappa shape index (κ1) is 24.1. The zero-order chi connectivity index (χ0) is 22.1. The second-order valence-corrected chi connectivity index (χ2v) is 6.98. The van der Waals surface area contributed by atoms with Gasteiger partial charge in [0.25, 0.3) is 5.91 Å². The van der Waals surface area contributed by atoms with Crippen molar-refractivity contribution in [3.05, 3.63) is 23.5 Å². The van der Waals surface area contributed by atoms with E-state index in [0.717, 1.165) is 0 Å². The largest absolute Gasteiger partial charge is 0.505 e. The Morgan fingerprint density at radius 1 is 1.14 bits per heavy atom. The third-order valence-corrected chi connectivity index (χ3v) is 4.25. The van der Waals surface area contributed by atoms with Gasteiger partial charge < -0.3 is 19.9 Å².